The number of nitrogens with one attached hydrogen (secondary N) is 1. The molecule has 9 heteroatoms. The molecule has 7 nitrogen and oxygen atoms in total. The van der Waals surface area contributed by atoms with Crippen LogP contribution in [0.4, 0.5) is 5.69 Å². The highest BCUT2D eigenvalue weighted by Crippen LogP contribution is 2.53. The minimum atomic E-state index is -0.650. The molecule has 2 aliphatic heterocycles. The molecule has 6 rings (SSSR count). The first-order valence-corrected chi connectivity index (χ1v) is 13.4. The van der Waals surface area contributed by atoms with Crippen molar-refractivity contribution in [3.8, 4) is 11.5 Å². The summed E-state index contributed by atoms with van der Waals surface area (Å²) in [5.74, 6) is -0.374. The first-order chi connectivity index (χ1) is 18.0. The van der Waals surface area contributed by atoms with Crippen molar-refractivity contribution in [3.63, 3.8) is 0 Å². The van der Waals surface area contributed by atoms with Crippen LogP contribution in [-0.2, 0) is 16.2 Å². The summed E-state index contributed by atoms with van der Waals surface area (Å²) in [5, 5.41) is 0.000771. The molecule has 0 radical (unpaired) electrons. The van der Waals surface area contributed by atoms with Crippen LogP contribution in [0.3, 0.4) is 0 Å². The second-order valence-corrected chi connectivity index (χ2v) is 11.0. The molecule has 3 heterocycles. The van der Waals surface area contributed by atoms with Crippen LogP contribution in [0.15, 0.2) is 88.7 Å². The molecule has 186 valence electrons. The van der Waals surface area contributed by atoms with Crippen LogP contribution in [0.25, 0.3) is 0 Å². The number of benzene rings is 3. The third-order valence-corrected chi connectivity index (χ3v) is 9.02. The van der Waals surface area contributed by atoms with Gasteiger partial charge in [-0.05, 0) is 47.5 Å². The summed E-state index contributed by atoms with van der Waals surface area (Å²) in [4.78, 5) is 44.4. The molecule has 3 aromatic carbocycles. The largest absolute Gasteiger partial charge is 0.497 e. The molecule has 37 heavy (non-hydrogen) atoms. The second-order valence-electron chi connectivity index (χ2n) is 8.81. The number of imide groups is 1. The van der Waals surface area contributed by atoms with E-state index in [9.17, 15) is 14.4 Å². The van der Waals surface area contributed by atoms with E-state index in [1.165, 1.54) is 16.7 Å². The topological polar surface area (TPSA) is 88.7 Å². The van der Waals surface area contributed by atoms with Gasteiger partial charge in [0.2, 0.25) is 11.8 Å². The summed E-state index contributed by atoms with van der Waals surface area (Å²) in [7, 11) is 1.56. The van der Waals surface area contributed by atoms with Gasteiger partial charge in [0.05, 0.1) is 23.7 Å². The van der Waals surface area contributed by atoms with Crippen molar-refractivity contribution in [3.05, 3.63) is 105 Å². The van der Waals surface area contributed by atoms with E-state index in [1.807, 2.05) is 54.6 Å². The summed E-state index contributed by atoms with van der Waals surface area (Å²) in [6.07, 6.45) is 0. The number of thiazole rings is 1. The van der Waals surface area contributed by atoms with Crippen LogP contribution in [0.5, 0.6) is 11.5 Å². The summed E-state index contributed by atoms with van der Waals surface area (Å²) in [5.41, 5.74) is 2.37. The Morgan fingerprint density at radius 2 is 1.68 bits per heavy atom. The van der Waals surface area contributed by atoms with Gasteiger partial charge in [0.15, 0.2) is 0 Å². The lowest BCUT2D eigenvalue weighted by molar-refractivity contribution is -0.122. The normalized spacial score (nSPS) is 20.5. The van der Waals surface area contributed by atoms with Crippen molar-refractivity contribution < 1.29 is 19.1 Å². The molecule has 1 saturated heterocycles. The molecule has 0 spiro atoms. The Morgan fingerprint density at radius 1 is 0.892 bits per heavy atom. The fourth-order valence-electron chi connectivity index (χ4n) is 4.90. The van der Waals surface area contributed by atoms with E-state index in [0.717, 1.165) is 27.3 Å². The zero-order valence-corrected chi connectivity index (χ0v) is 21.4. The summed E-state index contributed by atoms with van der Waals surface area (Å²) < 4.78 is 11.3. The number of fused-ring (bicyclic) bond motifs is 2. The van der Waals surface area contributed by atoms with Crippen molar-refractivity contribution in [2.45, 2.75) is 22.8 Å². The number of hydrogen-bond donors (Lipinski definition) is 1. The minimum Gasteiger partial charge on any atom is -0.497 e. The number of H-pyrrole nitrogens is 1. The fraction of sp³-hybridized carbons (Fsp3) is 0.179. The first-order valence-electron chi connectivity index (χ1n) is 11.7. The molecule has 1 fully saturated rings. The van der Waals surface area contributed by atoms with Crippen LogP contribution in [-0.4, -0.2) is 29.2 Å². The van der Waals surface area contributed by atoms with Gasteiger partial charge in [-0.15, -0.1) is 0 Å². The van der Waals surface area contributed by atoms with Crippen LogP contribution < -0.4 is 19.2 Å². The molecule has 4 aromatic rings. The van der Waals surface area contributed by atoms with E-state index in [4.69, 9.17) is 9.47 Å². The Bertz CT molecular complexity index is 1530. The smallest absolute Gasteiger partial charge is 0.305 e. The van der Waals surface area contributed by atoms with Crippen LogP contribution in [0.1, 0.15) is 21.9 Å². The number of rotatable bonds is 6. The van der Waals surface area contributed by atoms with Gasteiger partial charge < -0.3 is 14.5 Å². The monoisotopic (exact) mass is 530 g/mol. The molecule has 2 aliphatic rings. The Morgan fingerprint density at radius 3 is 2.43 bits per heavy atom. The van der Waals surface area contributed by atoms with Gasteiger partial charge in [0, 0.05) is 10.8 Å². The number of thioether (sulfide) groups is 1. The maximum absolute atomic E-state index is 13.8. The van der Waals surface area contributed by atoms with Gasteiger partial charge in [0.25, 0.3) is 0 Å². The molecule has 3 atom stereocenters. The highest BCUT2D eigenvalue weighted by Gasteiger charge is 2.56. The number of carbonyl (C=O) groups is 2. The van der Waals surface area contributed by atoms with E-state index in [2.05, 4.69) is 4.98 Å². The quantitative estimate of drug-likeness (QED) is 0.360. The maximum Gasteiger partial charge on any atom is 0.305 e. The zero-order valence-electron chi connectivity index (χ0n) is 19.7. The highest BCUT2D eigenvalue weighted by molar-refractivity contribution is 8.00. The molecule has 1 N–H and O–H groups in total. The average Bonchev–Trinajstić information content (AvgIpc) is 3.42. The third-order valence-electron chi connectivity index (χ3n) is 6.62. The lowest BCUT2D eigenvalue weighted by Gasteiger charge is -2.30. The average molecular weight is 531 g/mol. The van der Waals surface area contributed by atoms with Crippen LogP contribution in [0.2, 0.25) is 0 Å². The molecular weight excluding hydrogens is 508 g/mol. The molecule has 3 unspecified atom stereocenters. The van der Waals surface area contributed by atoms with E-state index in [1.54, 1.807) is 31.4 Å². The van der Waals surface area contributed by atoms with Gasteiger partial charge in [-0.1, -0.05) is 65.6 Å². The van der Waals surface area contributed by atoms with Crippen molar-refractivity contribution in [1.82, 2.24) is 4.98 Å². The van der Waals surface area contributed by atoms with Crippen molar-refractivity contribution >= 4 is 40.6 Å². The molecule has 2 amide bonds. The van der Waals surface area contributed by atoms with E-state index >= 15 is 0 Å². The van der Waals surface area contributed by atoms with E-state index < -0.39 is 17.1 Å². The lowest BCUT2D eigenvalue weighted by Crippen LogP contribution is -2.32. The number of methoxy groups -OCH3 is 1. The van der Waals surface area contributed by atoms with Gasteiger partial charge in [-0.25, -0.2) is 4.90 Å². The summed E-state index contributed by atoms with van der Waals surface area (Å²) in [6, 6.07) is 24.3. The Kier molecular flexibility index (Phi) is 6.10. The second kappa shape index (κ2) is 9.57. The van der Waals surface area contributed by atoms with Gasteiger partial charge in [-0.2, -0.15) is 0 Å². The van der Waals surface area contributed by atoms with Crippen LogP contribution >= 0.6 is 23.1 Å². The number of hydrogen-bond acceptors (Lipinski definition) is 7. The molecule has 0 aliphatic carbocycles. The van der Waals surface area contributed by atoms with Gasteiger partial charge >= 0.3 is 4.87 Å². The Balaban J connectivity index is 1.37. The SMILES string of the molecule is COc1ccc(N2C(=O)C3Sc4[nH]c(=O)sc4C(c4cccc(OCc5ccccc5)c4)C3C2=O)cc1. The van der Waals surface area contributed by atoms with Crippen molar-refractivity contribution in [2.24, 2.45) is 5.92 Å². The number of aromatic nitrogens is 1. The summed E-state index contributed by atoms with van der Waals surface area (Å²) >= 11 is 2.36. The van der Waals surface area contributed by atoms with Crippen molar-refractivity contribution in [1.29, 1.82) is 0 Å². The van der Waals surface area contributed by atoms with Crippen molar-refractivity contribution in [2.75, 3.05) is 12.0 Å². The Labute approximate surface area is 221 Å². The van der Waals surface area contributed by atoms with E-state index in [-0.39, 0.29) is 16.7 Å². The highest BCUT2D eigenvalue weighted by atomic mass is 32.2. The third kappa shape index (κ3) is 4.24. The number of ether oxygens (including phenoxy) is 2. The minimum absolute atomic E-state index is 0.203. The molecule has 1 aromatic heterocycles. The summed E-state index contributed by atoms with van der Waals surface area (Å²) in [6.45, 7) is 0.405. The first kappa shape index (κ1) is 23.6. The van der Waals surface area contributed by atoms with E-state index in [0.29, 0.717) is 28.8 Å². The number of anilines is 1. The lowest BCUT2D eigenvalue weighted by atomic mass is 9.83. The number of carbonyl (C=O) groups excluding carboxylic acids is 2. The fourth-order valence-corrected chi connectivity index (χ4v) is 7.42. The number of nitrogens with zero attached hydrogens (tertiary/aromatic N) is 1. The van der Waals surface area contributed by atoms with Crippen LogP contribution in [0, 0.1) is 5.92 Å². The predicted molar refractivity (Wildman–Crippen MR) is 143 cm³/mol. The molecule has 0 bridgehead atoms. The van der Waals surface area contributed by atoms with Gasteiger partial charge in [-0.3, -0.25) is 14.4 Å². The Hall–Kier alpha value is -3.82. The number of amides is 2. The zero-order chi connectivity index (χ0) is 25.5. The standard InChI is InChI=1S/C28H22N2O5S2/c1-34-19-12-10-18(11-13-19)30-26(31)22-21(23-25(29-28(33)37-23)36-24(22)27(30)32)17-8-5-9-20(14-17)35-15-16-6-3-2-4-7-16/h2-14,21-22,24H,15H2,1H3,(H,29,33). The molecular formula is C28H22N2O5S2. The van der Waals surface area contributed by atoms with Gasteiger partial charge in [0.1, 0.15) is 23.4 Å². The predicted octanol–water partition coefficient (Wildman–Crippen LogP) is 4.82. The maximum atomic E-state index is 13.8. The molecule has 0 saturated carbocycles. The number of aromatic amines is 1.